The number of likely N-dealkylation sites (tertiary alicyclic amines) is 1. The maximum absolute atomic E-state index is 13.5. The summed E-state index contributed by atoms with van der Waals surface area (Å²) in [5.41, 5.74) is 1.65. The first kappa shape index (κ1) is 23.9. The van der Waals surface area contributed by atoms with Gasteiger partial charge in [-0.2, -0.15) is 0 Å². The molecule has 8 nitrogen and oxygen atoms in total. The Labute approximate surface area is 200 Å². The number of carbonyl (C=O) groups is 1. The molecule has 1 atom stereocenters. The number of aromatic nitrogens is 2. The second-order valence-electron chi connectivity index (χ2n) is 9.41. The molecule has 1 aliphatic rings. The minimum atomic E-state index is -0.244. The van der Waals surface area contributed by atoms with E-state index >= 15 is 0 Å². The Hall–Kier alpha value is -3.26. The Kier molecular flexibility index (Phi) is 7.26. The van der Waals surface area contributed by atoms with E-state index in [-0.39, 0.29) is 24.1 Å². The molecular weight excluding hydrogens is 432 g/mol. The molecule has 0 bridgehead atoms. The summed E-state index contributed by atoms with van der Waals surface area (Å²) >= 11 is 0. The van der Waals surface area contributed by atoms with Crippen molar-refractivity contribution in [2.75, 3.05) is 33.9 Å². The molecular formula is C26H34N4O4. The molecule has 1 N–H and O–H groups in total. The number of ether oxygens (including phenoxy) is 2. The number of hydrogen-bond acceptors (Lipinski definition) is 5. The number of hydrogen-bond donors (Lipinski definition) is 1. The van der Waals surface area contributed by atoms with Crippen LogP contribution >= 0.6 is 0 Å². The first-order valence-electron chi connectivity index (χ1n) is 11.8. The van der Waals surface area contributed by atoms with Crippen molar-refractivity contribution in [2.45, 2.75) is 39.3 Å². The average Bonchev–Trinajstić information content (AvgIpc) is 3.22. The predicted octanol–water partition coefficient (Wildman–Crippen LogP) is 3.02. The van der Waals surface area contributed by atoms with Crippen LogP contribution in [0.3, 0.4) is 0 Å². The highest BCUT2D eigenvalue weighted by molar-refractivity contribution is 5.77. The van der Waals surface area contributed by atoms with Gasteiger partial charge in [-0.25, -0.2) is 0 Å². The largest absolute Gasteiger partial charge is 0.497 e. The average molecular weight is 467 g/mol. The van der Waals surface area contributed by atoms with Gasteiger partial charge < -0.3 is 24.1 Å². The summed E-state index contributed by atoms with van der Waals surface area (Å²) in [5, 5.41) is 2.87. The summed E-state index contributed by atoms with van der Waals surface area (Å²) in [4.78, 5) is 28.5. The summed E-state index contributed by atoms with van der Waals surface area (Å²) in [7, 11) is 3.74. The number of benzene rings is 1. The van der Waals surface area contributed by atoms with Crippen molar-refractivity contribution in [3.05, 3.63) is 53.1 Å². The lowest BCUT2D eigenvalue weighted by molar-refractivity contribution is -0.122. The first-order valence-corrected chi connectivity index (χ1v) is 11.8. The van der Waals surface area contributed by atoms with E-state index in [0.717, 1.165) is 25.1 Å². The van der Waals surface area contributed by atoms with Crippen LogP contribution in [0.2, 0.25) is 0 Å². The quantitative estimate of drug-likeness (QED) is 0.552. The molecule has 1 amide bonds. The van der Waals surface area contributed by atoms with Gasteiger partial charge in [0.25, 0.3) is 5.56 Å². The molecule has 1 aliphatic heterocycles. The molecule has 0 aliphatic carbocycles. The highest BCUT2D eigenvalue weighted by Crippen LogP contribution is 2.25. The fraction of sp³-hybridized carbons (Fsp3) is 0.462. The molecule has 34 heavy (non-hydrogen) atoms. The maximum atomic E-state index is 13.5. The number of piperidine rings is 1. The molecule has 182 valence electrons. The molecule has 1 saturated heterocycles. The van der Waals surface area contributed by atoms with Crippen molar-refractivity contribution in [3.8, 4) is 22.8 Å². The van der Waals surface area contributed by atoms with Gasteiger partial charge in [-0.05, 0) is 52.4 Å². The summed E-state index contributed by atoms with van der Waals surface area (Å²) in [6.45, 7) is 6.49. The van der Waals surface area contributed by atoms with Crippen LogP contribution in [0, 0.1) is 5.92 Å². The van der Waals surface area contributed by atoms with Crippen molar-refractivity contribution >= 4 is 11.4 Å². The molecule has 8 heteroatoms. The SMILES string of the molecule is COc1cccc(-c2cn3cc(OCC4CCCN(C)C4)cc3c(=O)n2CC(=O)NC(C)C)c1. The first-order chi connectivity index (χ1) is 16.3. The molecule has 0 spiro atoms. The molecule has 1 unspecified atom stereocenters. The van der Waals surface area contributed by atoms with E-state index in [1.807, 2.05) is 50.5 Å². The number of rotatable bonds is 8. The number of fused-ring (bicyclic) bond motifs is 1. The number of nitrogens with one attached hydrogen (secondary N) is 1. The Morgan fingerprint density at radius 3 is 2.76 bits per heavy atom. The van der Waals surface area contributed by atoms with E-state index in [1.165, 1.54) is 11.0 Å². The van der Waals surface area contributed by atoms with Crippen LogP contribution in [-0.4, -0.2) is 59.7 Å². The fourth-order valence-electron chi connectivity index (χ4n) is 4.56. The van der Waals surface area contributed by atoms with Gasteiger partial charge in [-0.3, -0.25) is 14.2 Å². The van der Waals surface area contributed by atoms with Crippen molar-refractivity contribution in [1.29, 1.82) is 0 Å². The second-order valence-corrected chi connectivity index (χ2v) is 9.41. The molecule has 4 rings (SSSR count). The Bertz CT molecular complexity index is 1210. The van der Waals surface area contributed by atoms with Gasteiger partial charge in [-0.15, -0.1) is 0 Å². The lowest BCUT2D eigenvalue weighted by atomic mass is 10.00. The molecule has 1 fully saturated rings. The third kappa shape index (κ3) is 5.44. The van der Waals surface area contributed by atoms with Crippen molar-refractivity contribution in [3.63, 3.8) is 0 Å². The van der Waals surface area contributed by atoms with Crippen molar-refractivity contribution in [1.82, 2.24) is 19.2 Å². The Morgan fingerprint density at radius 1 is 1.21 bits per heavy atom. The molecule has 0 radical (unpaired) electrons. The smallest absolute Gasteiger partial charge is 0.275 e. The zero-order valence-corrected chi connectivity index (χ0v) is 20.4. The van der Waals surface area contributed by atoms with Gasteiger partial charge in [0, 0.05) is 36.3 Å². The van der Waals surface area contributed by atoms with E-state index in [0.29, 0.717) is 35.2 Å². The third-order valence-corrected chi connectivity index (χ3v) is 6.16. The summed E-state index contributed by atoms with van der Waals surface area (Å²) in [5.74, 6) is 1.60. The number of nitrogens with zero attached hydrogens (tertiary/aromatic N) is 3. The number of amides is 1. The lowest BCUT2D eigenvalue weighted by Gasteiger charge is -2.29. The minimum Gasteiger partial charge on any atom is -0.497 e. The van der Waals surface area contributed by atoms with Gasteiger partial charge in [0.2, 0.25) is 5.91 Å². The second kappa shape index (κ2) is 10.3. The van der Waals surface area contributed by atoms with E-state index < -0.39 is 0 Å². The molecule has 3 heterocycles. The Balaban J connectivity index is 1.70. The topological polar surface area (TPSA) is 77.2 Å². The zero-order valence-electron chi connectivity index (χ0n) is 20.4. The van der Waals surface area contributed by atoms with Gasteiger partial charge in [-0.1, -0.05) is 12.1 Å². The van der Waals surface area contributed by atoms with Gasteiger partial charge in [0.05, 0.1) is 25.6 Å². The lowest BCUT2D eigenvalue weighted by Crippen LogP contribution is -2.36. The monoisotopic (exact) mass is 466 g/mol. The van der Waals surface area contributed by atoms with Crippen molar-refractivity contribution in [2.24, 2.45) is 5.92 Å². The van der Waals surface area contributed by atoms with Crippen LogP contribution in [0.15, 0.2) is 47.5 Å². The van der Waals surface area contributed by atoms with E-state index in [1.54, 1.807) is 17.6 Å². The molecule has 2 aromatic heterocycles. The summed E-state index contributed by atoms with van der Waals surface area (Å²) < 4.78 is 14.8. The van der Waals surface area contributed by atoms with Gasteiger partial charge >= 0.3 is 0 Å². The van der Waals surface area contributed by atoms with Crippen LogP contribution in [0.1, 0.15) is 26.7 Å². The summed E-state index contributed by atoms with van der Waals surface area (Å²) in [6, 6.07) is 9.23. The van der Waals surface area contributed by atoms with Crippen molar-refractivity contribution < 1.29 is 14.3 Å². The number of carbonyl (C=O) groups excluding carboxylic acids is 1. The summed E-state index contributed by atoms with van der Waals surface area (Å²) in [6.07, 6.45) is 6.03. The van der Waals surface area contributed by atoms with Crippen LogP contribution in [-0.2, 0) is 11.3 Å². The highest BCUT2D eigenvalue weighted by atomic mass is 16.5. The van der Waals surface area contributed by atoms with Gasteiger partial charge in [0.15, 0.2) is 0 Å². The highest BCUT2D eigenvalue weighted by Gasteiger charge is 2.19. The van der Waals surface area contributed by atoms with Crippen LogP contribution in [0.5, 0.6) is 11.5 Å². The van der Waals surface area contributed by atoms with Crippen LogP contribution in [0.25, 0.3) is 16.8 Å². The number of methoxy groups -OCH3 is 1. The molecule has 0 saturated carbocycles. The standard InChI is InChI=1S/C26H34N4O4/c1-18(2)27-25(31)16-30-24(20-8-5-9-21(11-20)33-4)15-29-14-22(12-23(29)26(30)32)34-17-19-7-6-10-28(3)13-19/h5,8-9,11-12,14-15,18-19H,6-7,10,13,16-17H2,1-4H3,(H,27,31). The van der Waals surface area contributed by atoms with E-state index in [2.05, 4.69) is 17.3 Å². The predicted molar refractivity (Wildman–Crippen MR) is 133 cm³/mol. The third-order valence-electron chi connectivity index (χ3n) is 6.16. The fourth-order valence-corrected chi connectivity index (χ4v) is 4.56. The van der Waals surface area contributed by atoms with Gasteiger partial charge in [0.1, 0.15) is 23.6 Å². The normalized spacial score (nSPS) is 16.7. The van der Waals surface area contributed by atoms with Crippen LogP contribution in [0.4, 0.5) is 0 Å². The van der Waals surface area contributed by atoms with Crippen LogP contribution < -0.4 is 20.3 Å². The Morgan fingerprint density at radius 2 is 2.03 bits per heavy atom. The zero-order chi connectivity index (χ0) is 24.2. The minimum absolute atomic E-state index is 0.0145. The van der Waals surface area contributed by atoms with E-state index in [9.17, 15) is 9.59 Å². The molecule has 3 aromatic rings. The molecule has 1 aromatic carbocycles. The van der Waals surface area contributed by atoms with E-state index in [4.69, 9.17) is 9.47 Å². The maximum Gasteiger partial charge on any atom is 0.275 e.